The third kappa shape index (κ3) is 3.31. The molecule has 2 aromatic rings. The molecule has 0 N–H and O–H groups in total. The number of hydrogen-bond acceptors (Lipinski definition) is 6. The van der Waals surface area contributed by atoms with Crippen LogP contribution in [0.15, 0.2) is 35.5 Å². The predicted molar refractivity (Wildman–Crippen MR) is 77.8 cm³/mol. The van der Waals surface area contributed by atoms with Gasteiger partial charge in [0.1, 0.15) is 6.33 Å². The van der Waals surface area contributed by atoms with Crippen LogP contribution in [0.25, 0.3) is 0 Å². The first-order valence-electron chi connectivity index (χ1n) is 6.34. The Morgan fingerprint density at radius 2 is 2.09 bits per heavy atom. The van der Waals surface area contributed by atoms with Crippen molar-refractivity contribution < 1.29 is 17.9 Å². The number of carbonyl (C=O) groups is 1. The second-order valence-electron chi connectivity index (χ2n) is 4.69. The fourth-order valence-electron chi connectivity index (χ4n) is 1.76. The molecule has 0 radical (unpaired) electrons. The van der Waals surface area contributed by atoms with Crippen molar-refractivity contribution in [1.82, 2.24) is 19.1 Å². The maximum absolute atomic E-state index is 12.1. The monoisotopic (exact) mass is 324 g/mol. The molecule has 0 saturated carbocycles. The largest absolute Gasteiger partial charge is 0.463 e. The third-order valence-corrected chi connectivity index (χ3v) is 4.74. The van der Waals surface area contributed by atoms with Gasteiger partial charge in [0.15, 0.2) is 0 Å². The summed E-state index contributed by atoms with van der Waals surface area (Å²) in [6, 6.07) is 6.52. The number of benzene rings is 1. The first-order valence-corrected chi connectivity index (χ1v) is 7.78. The minimum absolute atomic E-state index is 0.0421. The Labute approximate surface area is 128 Å². The highest BCUT2D eigenvalue weighted by Crippen LogP contribution is 2.15. The molecule has 1 heterocycles. The van der Waals surface area contributed by atoms with E-state index in [0.29, 0.717) is 6.54 Å². The number of esters is 1. The van der Waals surface area contributed by atoms with Gasteiger partial charge in [-0.3, -0.25) is 0 Å². The maximum Gasteiger partial charge on any atom is 0.377 e. The SMILES string of the molecule is COC(=O)c1ncn(Cc2cccc(S(=O)(=O)N(C)C)c2)n1. The van der Waals surface area contributed by atoms with Gasteiger partial charge >= 0.3 is 5.97 Å². The van der Waals surface area contributed by atoms with Crippen LogP contribution in [-0.2, 0) is 21.3 Å². The number of nitrogens with zero attached hydrogens (tertiary/aromatic N) is 4. The van der Waals surface area contributed by atoms with E-state index in [-0.39, 0.29) is 10.7 Å². The zero-order chi connectivity index (χ0) is 16.3. The van der Waals surface area contributed by atoms with Crippen molar-refractivity contribution in [3.05, 3.63) is 42.0 Å². The van der Waals surface area contributed by atoms with Crippen LogP contribution in [0.1, 0.15) is 16.2 Å². The molecule has 0 spiro atoms. The van der Waals surface area contributed by atoms with Gasteiger partial charge in [-0.25, -0.2) is 27.2 Å². The summed E-state index contributed by atoms with van der Waals surface area (Å²) in [5, 5.41) is 3.97. The van der Waals surface area contributed by atoms with Crippen molar-refractivity contribution >= 4 is 16.0 Å². The zero-order valence-electron chi connectivity index (χ0n) is 12.4. The van der Waals surface area contributed by atoms with Crippen molar-refractivity contribution in [1.29, 1.82) is 0 Å². The van der Waals surface area contributed by atoms with Crippen molar-refractivity contribution in [3.63, 3.8) is 0 Å². The normalized spacial score (nSPS) is 11.6. The van der Waals surface area contributed by atoms with Crippen LogP contribution in [0.3, 0.4) is 0 Å². The molecule has 0 atom stereocenters. The van der Waals surface area contributed by atoms with Crippen LogP contribution in [0, 0.1) is 0 Å². The third-order valence-electron chi connectivity index (χ3n) is 2.93. The summed E-state index contributed by atoms with van der Waals surface area (Å²) >= 11 is 0. The van der Waals surface area contributed by atoms with Crippen LogP contribution < -0.4 is 0 Å². The molecule has 1 aromatic heterocycles. The van der Waals surface area contributed by atoms with Crippen molar-refractivity contribution in [2.24, 2.45) is 0 Å². The molecule has 2 rings (SSSR count). The van der Waals surface area contributed by atoms with Gasteiger partial charge in [0.25, 0.3) is 5.82 Å². The maximum atomic E-state index is 12.1. The van der Waals surface area contributed by atoms with Crippen molar-refractivity contribution in [3.8, 4) is 0 Å². The van der Waals surface area contributed by atoms with Crippen molar-refractivity contribution in [2.75, 3.05) is 21.2 Å². The highest BCUT2D eigenvalue weighted by molar-refractivity contribution is 7.89. The summed E-state index contributed by atoms with van der Waals surface area (Å²) in [4.78, 5) is 15.3. The highest BCUT2D eigenvalue weighted by Gasteiger charge is 2.17. The van der Waals surface area contributed by atoms with E-state index in [1.807, 2.05) is 0 Å². The Bertz CT molecular complexity index is 783. The molecular weight excluding hydrogens is 308 g/mol. The molecule has 9 heteroatoms. The van der Waals surface area contributed by atoms with E-state index >= 15 is 0 Å². The Kier molecular flexibility index (Phi) is 4.57. The highest BCUT2D eigenvalue weighted by atomic mass is 32.2. The summed E-state index contributed by atoms with van der Waals surface area (Å²) in [5.41, 5.74) is 0.726. The fraction of sp³-hybridized carbons (Fsp3) is 0.308. The van der Waals surface area contributed by atoms with Crippen molar-refractivity contribution in [2.45, 2.75) is 11.4 Å². The number of sulfonamides is 1. The number of methoxy groups -OCH3 is 1. The average Bonchev–Trinajstić information content (AvgIpc) is 2.95. The van der Waals surface area contributed by atoms with Gasteiger partial charge < -0.3 is 4.74 Å². The van der Waals surface area contributed by atoms with E-state index in [9.17, 15) is 13.2 Å². The summed E-state index contributed by atoms with van der Waals surface area (Å²) in [7, 11) is 0.707. The summed E-state index contributed by atoms with van der Waals surface area (Å²) in [6.45, 7) is 0.292. The lowest BCUT2D eigenvalue weighted by molar-refractivity contribution is 0.0586. The first kappa shape index (κ1) is 16.1. The van der Waals surface area contributed by atoms with E-state index in [1.54, 1.807) is 18.2 Å². The zero-order valence-corrected chi connectivity index (χ0v) is 13.2. The minimum atomic E-state index is -3.49. The second kappa shape index (κ2) is 6.24. The Morgan fingerprint density at radius 1 is 1.36 bits per heavy atom. The lowest BCUT2D eigenvalue weighted by Crippen LogP contribution is -2.22. The van der Waals surface area contributed by atoms with E-state index in [0.717, 1.165) is 9.87 Å². The van der Waals surface area contributed by atoms with Crippen LogP contribution in [0.5, 0.6) is 0 Å². The molecule has 0 aliphatic carbocycles. The summed E-state index contributed by atoms with van der Waals surface area (Å²) in [5.74, 6) is -0.665. The fourth-order valence-corrected chi connectivity index (χ4v) is 2.73. The molecule has 8 nitrogen and oxygen atoms in total. The molecule has 0 aliphatic heterocycles. The summed E-state index contributed by atoms with van der Waals surface area (Å²) < 4.78 is 31.3. The standard InChI is InChI=1S/C13H16N4O4S/c1-16(2)22(19,20)11-6-4-5-10(7-11)8-17-9-14-12(15-17)13(18)21-3/h4-7,9H,8H2,1-3H3. The van der Waals surface area contributed by atoms with E-state index < -0.39 is 16.0 Å². The average molecular weight is 324 g/mol. The topological polar surface area (TPSA) is 94.4 Å². The quantitative estimate of drug-likeness (QED) is 0.737. The molecule has 0 bridgehead atoms. The molecule has 0 aliphatic rings. The van der Waals surface area contributed by atoms with Gasteiger partial charge in [-0.15, -0.1) is 5.10 Å². The smallest absolute Gasteiger partial charge is 0.377 e. The molecule has 118 valence electrons. The van der Waals surface area contributed by atoms with E-state index in [1.165, 1.54) is 38.3 Å². The van der Waals surface area contributed by atoms with Crippen LogP contribution >= 0.6 is 0 Å². The number of ether oxygens (including phenoxy) is 1. The lowest BCUT2D eigenvalue weighted by atomic mass is 10.2. The molecular formula is C13H16N4O4S. The minimum Gasteiger partial charge on any atom is -0.463 e. The molecule has 0 fully saturated rings. The molecule has 22 heavy (non-hydrogen) atoms. The number of hydrogen-bond donors (Lipinski definition) is 0. The molecule has 0 amide bonds. The molecule has 1 aromatic carbocycles. The van der Waals surface area contributed by atoms with E-state index in [4.69, 9.17) is 0 Å². The van der Waals surface area contributed by atoms with Crippen LogP contribution in [-0.4, -0.2) is 54.7 Å². The Balaban J connectivity index is 2.24. The molecule has 0 saturated heterocycles. The Morgan fingerprint density at radius 3 is 2.73 bits per heavy atom. The van der Waals surface area contributed by atoms with Gasteiger partial charge in [0, 0.05) is 14.1 Å². The van der Waals surface area contributed by atoms with Gasteiger partial charge in [-0.05, 0) is 17.7 Å². The van der Waals surface area contributed by atoms with Crippen LogP contribution in [0.2, 0.25) is 0 Å². The Hall–Kier alpha value is -2.26. The predicted octanol–water partition coefficient (Wildman–Crippen LogP) is 0.363. The number of carbonyl (C=O) groups excluding carboxylic acids is 1. The molecule has 0 unspecified atom stereocenters. The lowest BCUT2D eigenvalue weighted by Gasteiger charge is -2.12. The second-order valence-corrected chi connectivity index (χ2v) is 6.84. The number of aromatic nitrogens is 3. The van der Waals surface area contributed by atoms with E-state index in [2.05, 4.69) is 14.8 Å². The van der Waals surface area contributed by atoms with Crippen LogP contribution in [0.4, 0.5) is 0 Å². The van der Waals surface area contributed by atoms with Gasteiger partial charge in [-0.1, -0.05) is 12.1 Å². The van der Waals surface area contributed by atoms with Gasteiger partial charge in [0.2, 0.25) is 10.0 Å². The van der Waals surface area contributed by atoms with Gasteiger partial charge in [-0.2, -0.15) is 0 Å². The van der Waals surface area contributed by atoms with Gasteiger partial charge in [0.05, 0.1) is 18.6 Å². The first-order chi connectivity index (χ1) is 10.3. The summed E-state index contributed by atoms with van der Waals surface area (Å²) in [6.07, 6.45) is 1.39. The number of rotatable bonds is 5.